The van der Waals surface area contributed by atoms with Crippen molar-refractivity contribution in [3.05, 3.63) is 54.1 Å². The van der Waals surface area contributed by atoms with E-state index in [2.05, 4.69) is 22.0 Å². The van der Waals surface area contributed by atoms with Crippen LogP contribution in [0, 0.1) is 5.92 Å². The van der Waals surface area contributed by atoms with Gasteiger partial charge in [-0.25, -0.2) is 8.42 Å². The zero-order valence-electron chi connectivity index (χ0n) is 18.1. The summed E-state index contributed by atoms with van der Waals surface area (Å²) in [6, 6.07) is 12.7. The lowest BCUT2D eigenvalue weighted by molar-refractivity contribution is 0.0949. The summed E-state index contributed by atoms with van der Waals surface area (Å²) < 4.78 is 33.0. The van der Waals surface area contributed by atoms with Crippen LogP contribution in [0.3, 0.4) is 0 Å². The zero-order chi connectivity index (χ0) is 22.3. The van der Waals surface area contributed by atoms with Gasteiger partial charge in [-0.15, -0.1) is 0 Å². The smallest absolute Gasteiger partial charge is 0.261 e. The van der Waals surface area contributed by atoms with Gasteiger partial charge in [-0.2, -0.15) is 0 Å². The fraction of sp³-hybridized carbons (Fsp3) is 0.435. The van der Waals surface area contributed by atoms with E-state index in [0.29, 0.717) is 36.1 Å². The Morgan fingerprint density at radius 1 is 1.06 bits per heavy atom. The van der Waals surface area contributed by atoms with E-state index < -0.39 is 10.0 Å². The van der Waals surface area contributed by atoms with Gasteiger partial charge in [0, 0.05) is 17.8 Å². The third-order valence-corrected chi connectivity index (χ3v) is 6.92. The molecule has 0 spiro atoms. The molecule has 31 heavy (non-hydrogen) atoms. The first-order valence-corrected chi connectivity index (χ1v) is 12.2. The first-order valence-electron chi connectivity index (χ1n) is 10.7. The normalized spacial score (nSPS) is 15.4. The molecular formula is C23H31N3O4S. The van der Waals surface area contributed by atoms with Crippen LogP contribution in [0.1, 0.15) is 36.5 Å². The Morgan fingerprint density at radius 2 is 1.71 bits per heavy atom. The molecule has 1 amide bonds. The minimum absolute atomic E-state index is 0.145. The van der Waals surface area contributed by atoms with Crippen LogP contribution in [0.2, 0.25) is 0 Å². The molecule has 0 aliphatic carbocycles. The van der Waals surface area contributed by atoms with E-state index in [1.54, 1.807) is 36.4 Å². The zero-order valence-corrected chi connectivity index (χ0v) is 19.0. The Balaban J connectivity index is 1.51. The molecule has 0 unspecified atom stereocenters. The standard InChI is InChI=1S/C23H31N3O4S/c1-3-30-21-8-10-22(11-9-21)31(28,29)25-20-6-4-19(5-7-20)23(27)24-15-12-18-13-16-26(2)17-14-18/h4-11,18,25H,3,12-17H2,1-2H3,(H,24,27). The highest BCUT2D eigenvalue weighted by Gasteiger charge is 2.17. The molecule has 1 aliphatic rings. The van der Waals surface area contributed by atoms with Gasteiger partial charge in [-0.05, 0) is 101 Å². The van der Waals surface area contributed by atoms with Crippen molar-refractivity contribution < 1.29 is 17.9 Å². The van der Waals surface area contributed by atoms with Crippen LogP contribution >= 0.6 is 0 Å². The molecule has 2 N–H and O–H groups in total. The fourth-order valence-corrected chi connectivity index (χ4v) is 4.69. The number of rotatable bonds is 9. The molecule has 0 saturated carbocycles. The van der Waals surface area contributed by atoms with Crippen molar-refractivity contribution in [1.82, 2.24) is 10.2 Å². The maximum atomic E-state index is 12.6. The highest BCUT2D eigenvalue weighted by molar-refractivity contribution is 7.92. The van der Waals surface area contributed by atoms with Crippen LogP contribution in [0.15, 0.2) is 53.4 Å². The summed E-state index contributed by atoms with van der Waals surface area (Å²) >= 11 is 0. The summed E-state index contributed by atoms with van der Waals surface area (Å²) in [6.07, 6.45) is 3.34. The SMILES string of the molecule is CCOc1ccc(S(=O)(=O)Nc2ccc(C(=O)NCCC3CCN(C)CC3)cc2)cc1. The molecular weight excluding hydrogens is 414 g/mol. The lowest BCUT2D eigenvalue weighted by atomic mass is 9.94. The quantitative estimate of drug-likeness (QED) is 0.618. The predicted octanol–water partition coefficient (Wildman–Crippen LogP) is 3.35. The molecule has 0 radical (unpaired) electrons. The number of nitrogens with one attached hydrogen (secondary N) is 2. The van der Waals surface area contributed by atoms with Crippen LogP contribution < -0.4 is 14.8 Å². The number of amides is 1. The summed E-state index contributed by atoms with van der Waals surface area (Å²) in [4.78, 5) is 14.9. The lowest BCUT2D eigenvalue weighted by Crippen LogP contribution is -2.32. The van der Waals surface area contributed by atoms with Crippen molar-refractivity contribution in [2.75, 3.05) is 38.0 Å². The fourth-order valence-electron chi connectivity index (χ4n) is 3.63. The Kier molecular flexibility index (Phi) is 7.92. The van der Waals surface area contributed by atoms with E-state index in [1.807, 2.05) is 6.92 Å². The number of nitrogens with zero attached hydrogens (tertiary/aromatic N) is 1. The van der Waals surface area contributed by atoms with Gasteiger partial charge in [0.2, 0.25) is 0 Å². The summed E-state index contributed by atoms with van der Waals surface area (Å²) in [5.41, 5.74) is 0.907. The molecule has 1 saturated heterocycles. The van der Waals surface area contributed by atoms with Gasteiger partial charge in [-0.3, -0.25) is 9.52 Å². The van der Waals surface area contributed by atoms with Crippen molar-refractivity contribution in [2.24, 2.45) is 5.92 Å². The van der Waals surface area contributed by atoms with Crippen LogP contribution in [-0.4, -0.2) is 52.5 Å². The van der Waals surface area contributed by atoms with Gasteiger partial charge in [0.25, 0.3) is 15.9 Å². The third kappa shape index (κ3) is 6.70. The maximum absolute atomic E-state index is 12.6. The summed E-state index contributed by atoms with van der Waals surface area (Å²) in [5.74, 6) is 1.14. The van der Waals surface area contributed by atoms with Crippen molar-refractivity contribution in [3.63, 3.8) is 0 Å². The number of likely N-dealkylation sites (tertiary alicyclic amines) is 1. The van der Waals surface area contributed by atoms with Gasteiger partial charge >= 0.3 is 0 Å². The van der Waals surface area contributed by atoms with Gasteiger partial charge in [-0.1, -0.05) is 0 Å². The third-order valence-electron chi connectivity index (χ3n) is 5.52. The van der Waals surface area contributed by atoms with E-state index >= 15 is 0 Å². The molecule has 2 aromatic rings. The Morgan fingerprint density at radius 3 is 2.32 bits per heavy atom. The van der Waals surface area contributed by atoms with E-state index in [1.165, 1.54) is 25.0 Å². The molecule has 3 rings (SSSR count). The van der Waals surface area contributed by atoms with Crippen molar-refractivity contribution in [3.8, 4) is 5.75 Å². The number of piperidine rings is 1. The number of carbonyl (C=O) groups is 1. The molecule has 7 nitrogen and oxygen atoms in total. The van der Waals surface area contributed by atoms with Gasteiger partial charge in [0.15, 0.2) is 0 Å². The second-order valence-corrected chi connectivity index (χ2v) is 9.56. The molecule has 1 aliphatic heterocycles. The van der Waals surface area contributed by atoms with Crippen molar-refractivity contribution in [2.45, 2.75) is 31.1 Å². The minimum atomic E-state index is -3.72. The molecule has 0 bridgehead atoms. The van der Waals surface area contributed by atoms with E-state index in [0.717, 1.165) is 19.5 Å². The molecule has 0 atom stereocenters. The van der Waals surface area contributed by atoms with Crippen LogP contribution in [0.4, 0.5) is 5.69 Å². The summed E-state index contributed by atoms with van der Waals surface area (Å²) in [5, 5.41) is 2.96. The number of ether oxygens (including phenoxy) is 1. The van der Waals surface area contributed by atoms with Gasteiger partial charge in [0.1, 0.15) is 5.75 Å². The summed E-state index contributed by atoms with van der Waals surface area (Å²) in [7, 11) is -1.58. The number of hydrogen-bond acceptors (Lipinski definition) is 5. The first kappa shape index (κ1) is 23.1. The van der Waals surface area contributed by atoms with E-state index in [-0.39, 0.29) is 10.8 Å². The predicted molar refractivity (Wildman–Crippen MR) is 122 cm³/mol. The Hall–Kier alpha value is -2.58. The largest absolute Gasteiger partial charge is 0.494 e. The van der Waals surface area contributed by atoms with E-state index in [9.17, 15) is 13.2 Å². The van der Waals surface area contributed by atoms with Crippen LogP contribution in [0.5, 0.6) is 5.75 Å². The van der Waals surface area contributed by atoms with Crippen molar-refractivity contribution >= 4 is 21.6 Å². The van der Waals surface area contributed by atoms with E-state index in [4.69, 9.17) is 4.74 Å². The topological polar surface area (TPSA) is 87.7 Å². The maximum Gasteiger partial charge on any atom is 0.261 e. The monoisotopic (exact) mass is 445 g/mol. The number of hydrogen-bond donors (Lipinski definition) is 2. The van der Waals surface area contributed by atoms with Crippen LogP contribution in [0.25, 0.3) is 0 Å². The lowest BCUT2D eigenvalue weighted by Gasteiger charge is -2.28. The van der Waals surface area contributed by atoms with Crippen LogP contribution in [-0.2, 0) is 10.0 Å². The Bertz CT molecular complexity index is 951. The summed E-state index contributed by atoms with van der Waals surface area (Å²) in [6.45, 7) is 5.27. The second-order valence-electron chi connectivity index (χ2n) is 7.88. The Labute approximate surface area is 184 Å². The minimum Gasteiger partial charge on any atom is -0.494 e. The van der Waals surface area contributed by atoms with Gasteiger partial charge < -0.3 is 15.0 Å². The number of anilines is 1. The molecule has 1 heterocycles. The van der Waals surface area contributed by atoms with Gasteiger partial charge in [0.05, 0.1) is 11.5 Å². The highest BCUT2D eigenvalue weighted by Crippen LogP contribution is 2.20. The molecule has 0 aromatic heterocycles. The van der Waals surface area contributed by atoms with Crippen molar-refractivity contribution in [1.29, 1.82) is 0 Å². The molecule has 8 heteroatoms. The average molecular weight is 446 g/mol. The number of benzene rings is 2. The molecule has 2 aromatic carbocycles. The highest BCUT2D eigenvalue weighted by atomic mass is 32.2. The number of carbonyl (C=O) groups excluding carboxylic acids is 1. The molecule has 1 fully saturated rings. The number of sulfonamides is 1. The molecule has 168 valence electrons. The second kappa shape index (κ2) is 10.6. The average Bonchev–Trinajstić information content (AvgIpc) is 2.76. The first-order chi connectivity index (χ1) is 14.9.